The molecule has 29 heavy (non-hydrogen) atoms. The van der Waals surface area contributed by atoms with Crippen molar-refractivity contribution in [1.82, 2.24) is 4.90 Å². The van der Waals surface area contributed by atoms with Crippen molar-refractivity contribution in [2.45, 2.75) is 26.7 Å². The summed E-state index contributed by atoms with van der Waals surface area (Å²) in [6.07, 6.45) is 1.74. The first-order valence-corrected chi connectivity index (χ1v) is 10.2. The zero-order valence-corrected chi connectivity index (χ0v) is 16.9. The molecule has 0 bridgehead atoms. The van der Waals surface area contributed by atoms with Crippen LogP contribution in [0.1, 0.15) is 54.4 Å². The molecule has 3 amide bonds. The highest BCUT2D eigenvalue weighted by Gasteiger charge is 2.35. The molecule has 1 aliphatic carbocycles. The molecular weight excluding hydrogens is 392 g/mol. The third-order valence-corrected chi connectivity index (χ3v) is 6.32. The minimum atomic E-state index is -0.574. The van der Waals surface area contributed by atoms with E-state index in [2.05, 4.69) is 5.32 Å². The van der Waals surface area contributed by atoms with Gasteiger partial charge in [-0.15, -0.1) is 11.3 Å². The molecule has 1 saturated carbocycles. The SMILES string of the molecule is Cc1sc(NC(=O)C2CC2)c(C(=O)OCCN2C(=O)c3ccccc3C2=O)c1C. The predicted molar refractivity (Wildman–Crippen MR) is 107 cm³/mol. The number of nitrogens with zero attached hydrogens (tertiary/aromatic N) is 1. The number of anilines is 1. The van der Waals surface area contributed by atoms with E-state index in [9.17, 15) is 19.2 Å². The number of hydrogen-bond acceptors (Lipinski definition) is 6. The largest absolute Gasteiger partial charge is 0.460 e. The van der Waals surface area contributed by atoms with Gasteiger partial charge in [-0.05, 0) is 44.4 Å². The van der Waals surface area contributed by atoms with Gasteiger partial charge in [-0.1, -0.05) is 12.1 Å². The maximum atomic E-state index is 12.7. The molecule has 4 rings (SSSR count). The van der Waals surface area contributed by atoms with E-state index >= 15 is 0 Å². The van der Waals surface area contributed by atoms with Crippen molar-refractivity contribution in [2.75, 3.05) is 18.5 Å². The van der Waals surface area contributed by atoms with E-state index < -0.39 is 5.97 Å². The van der Waals surface area contributed by atoms with Gasteiger partial charge in [0.1, 0.15) is 11.6 Å². The Morgan fingerprint density at radius 3 is 2.34 bits per heavy atom. The molecule has 2 heterocycles. The molecule has 2 aromatic rings. The van der Waals surface area contributed by atoms with Gasteiger partial charge in [0.25, 0.3) is 11.8 Å². The van der Waals surface area contributed by atoms with Gasteiger partial charge in [0.15, 0.2) is 0 Å². The number of rotatable bonds is 6. The summed E-state index contributed by atoms with van der Waals surface area (Å²) in [6, 6.07) is 6.61. The van der Waals surface area contributed by atoms with Crippen molar-refractivity contribution in [3.05, 3.63) is 51.4 Å². The first-order chi connectivity index (χ1) is 13.9. The zero-order chi connectivity index (χ0) is 20.7. The van der Waals surface area contributed by atoms with Crippen molar-refractivity contribution in [3.63, 3.8) is 0 Å². The summed E-state index contributed by atoms with van der Waals surface area (Å²) in [4.78, 5) is 51.5. The Morgan fingerprint density at radius 1 is 1.14 bits per heavy atom. The highest BCUT2D eigenvalue weighted by Crippen LogP contribution is 2.36. The van der Waals surface area contributed by atoms with Gasteiger partial charge in [0, 0.05) is 10.8 Å². The Balaban J connectivity index is 1.41. The van der Waals surface area contributed by atoms with Crippen LogP contribution in [0, 0.1) is 19.8 Å². The number of amides is 3. The third-order valence-electron chi connectivity index (χ3n) is 5.20. The number of carbonyl (C=O) groups excluding carboxylic acids is 4. The van der Waals surface area contributed by atoms with E-state index in [0.717, 1.165) is 28.2 Å². The van der Waals surface area contributed by atoms with Crippen molar-refractivity contribution >= 4 is 40.0 Å². The summed E-state index contributed by atoms with van der Waals surface area (Å²) < 4.78 is 5.35. The average Bonchev–Trinajstić information content (AvgIpc) is 3.48. The van der Waals surface area contributed by atoms with E-state index in [1.165, 1.54) is 11.3 Å². The molecule has 1 fully saturated rings. The summed E-state index contributed by atoms with van der Waals surface area (Å²) in [5.41, 5.74) is 1.81. The molecule has 1 N–H and O–H groups in total. The second kappa shape index (κ2) is 7.44. The minimum absolute atomic E-state index is 0.0235. The van der Waals surface area contributed by atoms with Gasteiger partial charge in [-0.3, -0.25) is 19.3 Å². The number of aryl methyl sites for hydroxylation is 1. The number of ether oxygens (including phenoxy) is 1. The Hall–Kier alpha value is -3.00. The van der Waals surface area contributed by atoms with Gasteiger partial charge in [0.2, 0.25) is 5.91 Å². The lowest BCUT2D eigenvalue weighted by atomic mass is 10.1. The second-order valence-electron chi connectivity index (χ2n) is 7.19. The first kappa shape index (κ1) is 19.3. The normalized spacial score (nSPS) is 15.4. The van der Waals surface area contributed by atoms with Crippen molar-refractivity contribution in [2.24, 2.45) is 5.92 Å². The van der Waals surface area contributed by atoms with Crippen LogP contribution in [0.15, 0.2) is 24.3 Å². The molecule has 150 valence electrons. The predicted octanol–water partition coefficient (Wildman–Crippen LogP) is 3.17. The fraction of sp³-hybridized carbons (Fsp3) is 0.333. The Bertz CT molecular complexity index is 1000. The molecule has 1 aromatic heterocycles. The first-order valence-electron chi connectivity index (χ1n) is 9.41. The monoisotopic (exact) mass is 412 g/mol. The zero-order valence-electron chi connectivity index (χ0n) is 16.1. The Morgan fingerprint density at radius 2 is 1.76 bits per heavy atom. The molecule has 8 heteroatoms. The van der Waals surface area contributed by atoms with Crippen molar-refractivity contribution in [1.29, 1.82) is 0 Å². The minimum Gasteiger partial charge on any atom is -0.460 e. The molecule has 1 aliphatic heterocycles. The fourth-order valence-electron chi connectivity index (χ4n) is 3.26. The maximum absolute atomic E-state index is 12.7. The van der Waals surface area contributed by atoms with Gasteiger partial charge in [0.05, 0.1) is 23.2 Å². The van der Waals surface area contributed by atoms with Crippen LogP contribution < -0.4 is 5.32 Å². The molecule has 0 atom stereocenters. The summed E-state index contributed by atoms with van der Waals surface area (Å²) in [5, 5.41) is 3.32. The van der Waals surface area contributed by atoms with Crippen LogP contribution >= 0.6 is 11.3 Å². The van der Waals surface area contributed by atoms with Crippen LogP contribution in [0.5, 0.6) is 0 Å². The highest BCUT2D eigenvalue weighted by atomic mass is 32.1. The lowest BCUT2D eigenvalue weighted by Gasteiger charge is -2.14. The van der Waals surface area contributed by atoms with Gasteiger partial charge in [-0.25, -0.2) is 4.79 Å². The molecule has 2 aliphatic rings. The smallest absolute Gasteiger partial charge is 0.341 e. The Kier molecular flexibility index (Phi) is 4.96. The van der Waals surface area contributed by atoms with E-state index in [0.29, 0.717) is 21.7 Å². The van der Waals surface area contributed by atoms with Gasteiger partial charge < -0.3 is 10.1 Å². The molecule has 1 aromatic carbocycles. The topological polar surface area (TPSA) is 92.8 Å². The second-order valence-corrected chi connectivity index (χ2v) is 8.42. The number of esters is 1. The van der Waals surface area contributed by atoms with Crippen LogP contribution in [0.3, 0.4) is 0 Å². The summed E-state index contributed by atoms with van der Waals surface area (Å²) in [6.45, 7) is 3.54. The number of hydrogen-bond donors (Lipinski definition) is 1. The molecular formula is C21H20N2O5S. The van der Waals surface area contributed by atoms with Crippen molar-refractivity contribution in [3.8, 4) is 0 Å². The molecule has 7 nitrogen and oxygen atoms in total. The summed E-state index contributed by atoms with van der Waals surface area (Å²) in [5.74, 6) is -1.40. The van der Waals surface area contributed by atoms with Crippen molar-refractivity contribution < 1.29 is 23.9 Å². The highest BCUT2D eigenvalue weighted by molar-refractivity contribution is 7.16. The van der Waals surface area contributed by atoms with E-state index in [1.807, 2.05) is 6.92 Å². The van der Waals surface area contributed by atoms with Crippen LogP contribution in [-0.2, 0) is 9.53 Å². The fourth-order valence-corrected chi connectivity index (χ4v) is 4.32. The lowest BCUT2D eigenvalue weighted by molar-refractivity contribution is -0.117. The molecule has 0 unspecified atom stereocenters. The number of imide groups is 1. The number of fused-ring (bicyclic) bond motifs is 1. The number of nitrogens with one attached hydrogen (secondary N) is 1. The maximum Gasteiger partial charge on any atom is 0.341 e. The van der Waals surface area contributed by atoms with Gasteiger partial charge in [-0.2, -0.15) is 0 Å². The van der Waals surface area contributed by atoms with Gasteiger partial charge >= 0.3 is 5.97 Å². The summed E-state index contributed by atoms with van der Waals surface area (Å²) in [7, 11) is 0. The molecule has 0 saturated heterocycles. The van der Waals surface area contributed by atoms with Crippen LogP contribution in [0.4, 0.5) is 5.00 Å². The summed E-state index contributed by atoms with van der Waals surface area (Å²) >= 11 is 1.34. The number of carbonyl (C=O) groups is 4. The third kappa shape index (κ3) is 3.55. The van der Waals surface area contributed by atoms with E-state index in [-0.39, 0.29) is 36.8 Å². The molecule has 0 spiro atoms. The number of thiophene rings is 1. The van der Waals surface area contributed by atoms with Crippen LogP contribution in [-0.4, -0.2) is 41.7 Å². The Labute approximate surface area is 171 Å². The van der Waals surface area contributed by atoms with Crippen LogP contribution in [0.2, 0.25) is 0 Å². The van der Waals surface area contributed by atoms with E-state index in [4.69, 9.17) is 4.74 Å². The number of benzene rings is 1. The van der Waals surface area contributed by atoms with E-state index in [1.54, 1.807) is 31.2 Å². The average molecular weight is 412 g/mol. The molecule has 0 radical (unpaired) electrons. The standard InChI is InChI=1S/C21H20N2O5S/c1-11-12(2)29-18(22-17(24)13-7-8-13)16(11)21(27)28-10-9-23-19(25)14-5-3-4-6-15(14)20(23)26/h3-6,13H,7-10H2,1-2H3,(H,22,24). The quantitative estimate of drug-likeness (QED) is 0.581. The van der Waals surface area contributed by atoms with Crippen LogP contribution in [0.25, 0.3) is 0 Å². The lowest BCUT2D eigenvalue weighted by Crippen LogP contribution is -2.33.